The Balaban J connectivity index is 1.26. The van der Waals surface area contributed by atoms with Crippen molar-refractivity contribution in [3.05, 3.63) is 58.1 Å². The number of amides is 1. The summed E-state index contributed by atoms with van der Waals surface area (Å²) in [6.45, 7) is 0.713. The van der Waals surface area contributed by atoms with E-state index in [1.54, 1.807) is 18.2 Å². The maximum absolute atomic E-state index is 13.0. The number of ether oxygens (including phenoxy) is 2. The number of nitrogens with zero attached hydrogens (tertiary/aromatic N) is 2. The van der Waals surface area contributed by atoms with E-state index in [1.807, 2.05) is 22.8 Å². The summed E-state index contributed by atoms with van der Waals surface area (Å²) in [5.74, 6) is 1.43. The fourth-order valence-corrected chi connectivity index (χ4v) is 5.23. The zero-order valence-corrected chi connectivity index (χ0v) is 18.6. The van der Waals surface area contributed by atoms with Crippen LogP contribution in [0, 0.1) is 0 Å². The Morgan fingerprint density at radius 1 is 0.939 bits per heavy atom. The van der Waals surface area contributed by atoms with Gasteiger partial charge in [0.15, 0.2) is 11.5 Å². The zero-order chi connectivity index (χ0) is 22.4. The van der Waals surface area contributed by atoms with Crippen molar-refractivity contribution in [1.82, 2.24) is 9.55 Å². The number of carbonyl (C=O) groups excluding carboxylic acids is 1. The second-order valence-electron chi connectivity index (χ2n) is 9.32. The molecular weight excluding hydrogens is 418 g/mol. The lowest BCUT2D eigenvalue weighted by Gasteiger charge is -2.21. The van der Waals surface area contributed by atoms with Gasteiger partial charge in [-0.25, -0.2) is 4.98 Å². The minimum absolute atomic E-state index is 0.0135. The average Bonchev–Trinajstić information content (AvgIpc) is 3.40. The quantitative estimate of drug-likeness (QED) is 0.612. The zero-order valence-electron chi connectivity index (χ0n) is 18.6. The van der Waals surface area contributed by atoms with Gasteiger partial charge in [-0.3, -0.25) is 14.2 Å². The van der Waals surface area contributed by atoms with Gasteiger partial charge in [-0.2, -0.15) is 0 Å². The molecule has 1 spiro atoms. The van der Waals surface area contributed by atoms with Crippen LogP contribution in [0.5, 0.6) is 11.5 Å². The van der Waals surface area contributed by atoms with Crippen LogP contribution in [0.15, 0.2) is 41.2 Å². The van der Waals surface area contributed by atoms with E-state index in [0.717, 1.165) is 69.4 Å². The highest BCUT2D eigenvalue weighted by molar-refractivity contribution is 6.06. The summed E-state index contributed by atoms with van der Waals surface area (Å²) in [5.41, 5.74) is 1.67. The molecule has 0 radical (unpaired) electrons. The van der Waals surface area contributed by atoms with Crippen LogP contribution in [-0.4, -0.2) is 21.2 Å². The molecule has 6 rings (SSSR count). The van der Waals surface area contributed by atoms with Crippen molar-refractivity contribution < 1.29 is 14.3 Å². The van der Waals surface area contributed by atoms with Gasteiger partial charge in [-0.1, -0.05) is 12.8 Å². The van der Waals surface area contributed by atoms with Crippen LogP contribution in [0.1, 0.15) is 67.5 Å². The number of fused-ring (bicyclic) bond motifs is 3. The normalized spacial score (nSPS) is 18.7. The predicted octanol–water partition coefficient (Wildman–Crippen LogP) is 4.81. The molecule has 1 saturated carbocycles. The van der Waals surface area contributed by atoms with E-state index in [9.17, 15) is 9.59 Å². The van der Waals surface area contributed by atoms with Gasteiger partial charge in [0.25, 0.3) is 17.3 Å². The molecule has 1 aromatic heterocycles. The minimum Gasteiger partial charge on any atom is -0.448 e. The molecule has 1 N–H and O–H groups in total. The molecule has 1 fully saturated rings. The van der Waals surface area contributed by atoms with Gasteiger partial charge in [0, 0.05) is 43.1 Å². The van der Waals surface area contributed by atoms with Gasteiger partial charge in [0.05, 0.1) is 10.9 Å². The molecule has 7 nitrogen and oxygen atoms in total. The molecule has 170 valence electrons. The van der Waals surface area contributed by atoms with Gasteiger partial charge in [0.2, 0.25) is 0 Å². The molecule has 1 aliphatic carbocycles. The molecule has 1 amide bonds. The van der Waals surface area contributed by atoms with Crippen LogP contribution in [0.4, 0.5) is 5.69 Å². The van der Waals surface area contributed by atoms with Gasteiger partial charge < -0.3 is 14.8 Å². The van der Waals surface area contributed by atoms with Crippen LogP contribution >= 0.6 is 0 Å². The lowest BCUT2D eigenvalue weighted by molar-refractivity contribution is -0.0716. The number of aromatic nitrogens is 2. The molecule has 7 heteroatoms. The third-order valence-electron chi connectivity index (χ3n) is 6.99. The Labute approximate surface area is 191 Å². The van der Waals surface area contributed by atoms with Gasteiger partial charge in [-0.15, -0.1) is 0 Å². The number of rotatable bonds is 2. The van der Waals surface area contributed by atoms with E-state index in [1.165, 1.54) is 0 Å². The first-order valence-electron chi connectivity index (χ1n) is 12.0. The summed E-state index contributed by atoms with van der Waals surface area (Å²) < 4.78 is 14.0. The second kappa shape index (κ2) is 7.90. The highest BCUT2D eigenvalue weighted by Gasteiger charge is 2.44. The Bertz CT molecular complexity index is 1310. The molecule has 2 aliphatic heterocycles. The van der Waals surface area contributed by atoms with Crippen LogP contribution in [0.3, 0.4) is 0 Å². The maximum atomic E-state index is 13.0. The van der Waals surface area contributed by atoms with Crippen molar-refractivity contribution >= 4 is 22.5 Å². The van der Waals surface area contributed by atoms with E-state index >= 15 is 0 Å². The Hall–Kier alpha value is -3.35. The summed E-state index contributed by atoms with van der Waals surface area (Å²) >= 11 is 0. The molecular formula is C26H27N3O4. The molecule has 33 heavy (non-hydrogen) atoms. The summed E-state index contributed by atoms with van der Waals surface area (Å²) in [6.07, 6.45) is 9.09. The molecule has 2 aromatic carbocycles. The van der Waals surface area contributed by atoms with E-state index in [-0.39, 0.29) is 11.5 Å². The second-order valence-corrected chi connectivity index (χ2v) is 9.32. The van der Waals surface area contributed by atoms with Crippen molar-refractivity contribution in [3.8, 4) is 11.5 Å². The van der Waals surface area contributed by atoms with Crippen molar-refractivity contribution in [3.63, 3.8) is 0 Å². The van der Waals surface area contributed by atoms with Crippen molar-refractivity contribution in [2.75, 3.05) is 5.32 Å². The van der Waals surface area contributed by atoms with Gasteiger partial charge >= 0.3 is 0 Å². The summed E-state index contributed by atoms with van der Waals surface area (Å²) in [7, 11) is 0. The Morgan fingerprint density at radius 3 is 2.64 bits per heavy atom. The number of hydrogen-bond donors (Lipinski definition) is 1. The Kier molecular flexibility index (Phi) is 4.85. The SMILES string of the molecule is O=C(Nc1ccc2c(c1)OC1(CCCC1)O2)c1ccc2c(=O)n3c(nc2c1)CCCCCC3. The fraction of sp³-hybridized carbons (Fsp3) is 0.423. The molecule has 0 saturated heterocycles. The van der Waals surface area contributed by atoms with Crippen LogP contribution in [-0.2, 0) is 13.0 Å². The lowest BCUT2D eigenvalue weighted by atomic mass is 10.1. The van der Waals surface area contributed by atoms with Crippen LogP contribution < -0.4 is 20.3 Å². The van der Waals surface area contributed by atoms with Crippen molar-refractivity contribution in [2.24, 2.45) is 0 Å². The highest BCUT2D eigenvalue weighted by atomic mass is 16.7. The summed E-state index contributed by atoms with van der Waals surface area (Å²) in [5, 5.41) is 3.50. The third-order valence-corrected chi connectivity index (χ3v) is 6.99. The van der Waals surface area contributed by atoms with E-state index in [4.69, 9.17) is 14.5 Å². The lowest BCUT2D eigenvalue weighted by Crippen LogP contribution is -2.34. The maximum Gasteiger partial charge on any atom is 0.261 e. The summed E-state index contributed by atoms with van der Waals surface area (Å²) in [4.78, 5) is 30.8. The van der Waals surface area contributed by atoms with Crippen LogP contribution in [0.25, 0.3) is 10.9 Å². The monoisotopic (exact) mass is 445 g/mol. The molecule has 3 aromatic rings. The highest BCUT2D eigenvalue weighted by Crippen LogP contribution is 2.47. The number of aryl methyl sites for hydroxylation is 1. The topological polar surface area (TPSA) is 82.5 Å². The number of benzene rings is 2. The molecule has 3 aliphatic rings. The number of anilines is 1. The Morgan fingerprint density at radius 2 is 1.76 bits per heavy atom. The first-order valence-corrected chi connectivity index (χ1v) is 12.0. The van der Waals surface area contributed by atoms with Crippen LogP contribution in [0.2, 0.25) is 0 Å². The fourth-order valence-electron chi connectivity index (χ4n) is 5.23. The van der Waals surface area contributed by atoms with Crippen molar-refractivity contribution in [1.29, 1.82) is 0 Å². The van der Waals surface area contributed by atoms with Gasteiger partial charge in [0.1, 0.15) is 5.82 Å². The summed E-state index contributed by atoms with van der Waals surface area (Å²) in [6, 6.07) is 10.6. The number of hydrogen-bond acceptors (Lipinski definition) is 5. The number of carbonyl (C=O) groups is 1. The van der Waals surface area contributed by atoms with E-state index < -0.39 is 5.79 Å². The smallest absolute Gasteiger partial charge is 0.261 e. The number of nitrogens with one attached hydrogen (secondary N) is 1. The standard InChI is InChI=1S/C26H27N3O4/c30-24(27-18-9-11-21-22(16-18)33-26(32-21)12-4-5-13-26)17-8-10-19-20(15-17)28-23-7-3-1-2-6-14-29(23)25(19)31/h8-11,15-16H,1-7,12-14H2,(H,27,30). The van der Waals surface area contributed by atoms with Gasteiger partial charge in [-0.05, 0) is 56.0 Å². The van der Waals surface area contributed by atoms with E-state index in [2.05, 4.69) is 5.32 Å². The largest absolute Gasteiger partial charge is 0.448 e. The molecule has 0 atom stereocenters. The van der Waals surface area contributed by atoms with E-state index in [0.29, 0.717) is 34.4 Å². The van der Waals surface area contributed by atoms with Crippen molar-refractivity contribution in [2.45, 2.75) is 70.1 Å². The third kappa shape index (κ3) is 3.65. The molecule has 0 bridgehead atoms. The first-order chi connectivity index (χ1) is 16.1. The minimum atomic E-state index is -0.528. The first kappa shape index (κ1) is 20.3. The molecule has 0 unspecified atom stereocenters. The molecule has 3 heterocycles. The predicted molar refractivity (Wildman–Crippen MR) is 125 cm³/mol. The average molecular weight is 446 g/mol.